The molecule has 0 atom stereocenters. The van der Waals surface area contributed by atoms with Crippen molar-refractivity contribution in [2.45, 2.75) is 6.92 Å². The summed E-state index contributed by atoms with van der Waals surface area (Å²) in [5, 5.41) is 18.3. The van der Waals surface area contributed by atoms with Crippen LogP contribution in [-0.4, -0.2) is 25.6 Å². The number of aromatic nitrogens is 2. The van der Waals surface area contributed by atoms with Gasteiger partial charge >= 0.3 is 5.97 Å². The average Bonchev–Trinajstić information content (AvgIpc) is 2.45. The first-order valence-electron chi connectivity index (χ1n) is 4.01. The summed E-state index contributed by atoms with van der Waals surface area (Å²) >= 11 is 0. The fourth-order valence-electron chi connectivity index (χ4n) is 1.45. The molecule has 0 saturated heterocycles. The minimum Gasteiger partial charge on any atom is -0.494 e. The Balaban J connectivity index is 2.91. The third-order valence-electron chi connectivity index (χ3n) is 2.01. The summed E-state index contributed by atoms with van der Waals surface area (Å²) in [6, 6.07) is 4.66. The SMILES string of the molecule is Cc1nc(C(=O)O)c2cccc(O)n12. The molecule has 2 aromatic heterocycles. The molecule has 72 valence electrons. The van der Waals surface area contributed by atoms with Gasteiger partial charge in [-0.15, -0.1) is 0 Å². The van der Waals surface area contributed by atoms with E-state index in [0.717, 1.165) is 0 Å². The highest BCUT2D eigenvalue weighted by Gasteiger charge is 2.15. The Labute approximate surface area is 79.2 Å². The highest BCUT2D eigenvalue weighted by molar-refractivity contribution is 5.93. The summed E-state index contributed by atoms with van der Waals surface area (Å²) in [5.41, 5.74) is 0.355. The Kier molecular flexibility index (Phi) is 1.67. The van der Waals surface area contributed by atoms with Gasteiger partial charge in [0.05, 0.1) is 5.52 Å². The number of aryl methyl sites for hydroxylation is 1. The number of imidazole rings is 1. The van der Waals surface area contributed by atoms with Crippen LogP contribution in [0.4, 0.5) is 0 Å². The van der Waals surface area contributed by atoms with Crippen LogP contribution < -0.4 is 0 Å². The summed E-state index contributed by atoms with van der Waals surface area (Å²) in [4.78, 5) is 14.6. The monoisotopic (exact) mass is 192 g/mol. The number of pyridine rings is 1. The molecule has 0 amide bonds. The minimum atomic E-state index is -1.10. The number of carbonyl (C=O) groups is 1. The number of carboxylic acid groups (broad SMARTS) is 1. The van der Waals surface area contributed by atoms with Gasteiger partial charge < -0.3 is 10.2 Å². The second-order valence-electron chi connectivity index (χ2n) is 2.92. The van der Waals surface area contributed by atoms with E-state index in [-0.39, 0.29) is 11.6 Å². The van der Waals surface area contributed by atoms with Crippen LogP contribution in [0.3, 0.4) is 0 Å². The van der Waals surface area contributed by atoms with E-state index >= 15 is 0 Å². The molecule has 0 unspecified atom stereocenters. The van der Waals surface area contributed by atoms with Crippen molar-refractivity contribution in [3.63, 3.8) is 0 Å². The molecule has 14 heavy (non-hydrogen) atoms. The molecule has 0 aliphatic heterocycles. The van der Waals surface area contributed by atoms with Crippen LogP contribution in [0.1, 0.15) is 16.3 Å². The first-order valence-corrected chi connectivity index (χ1v) is 4.01. The quantitative estimate of drug-likeness (QED) is 0.708. The minimum absolute atomic E-state index is 0.0139. The standard InChI is InChI=1S/C9H8N2O3/c1-5-10-8(9(13)14)6-3-2-4-7(12)11(5)6/h2-4,12H,1H3,(H,13,14). The van der Waals surface area contributed by atoms with E-state index in [0.29, 0.717) is 11.3 Å². The summed E-state index contributed by atoms with van der Waals surface area (Å²) in [7, 11) is 0. The fraction of sp³-hybridized carbons (Fsp3) is 0.111. The lowest BCUT2D eigenvalue weighted by Gasteiger charge is -1.98. The highest BCUT2D eigenvalue weighted by atomic mass is 16.4. The van der Waals surface area contributed by atoms with Crippen molar-refractivity contribution in [3.8, 4) is 5.88 Å². The Morgan fingerprint density at radius 3 is 2.86 bits per heavy atom. The maximum atomic E-state index is 10.8. The number of carboxylic acids is 1. The largest absolute Gasteiger partial charge is 0.494 e. The molecule has 0 spiro atoms. The zero-order chi connectivity index (χ0) is 10.3. The molecular weight excluding hydrogens is 184 g/mol. The number of fused-ring (bicyclic) bond motifs is 1. The third-order valence-corrected chi connectivity index (χ3v) is 2.01. The molecule has 0 saturated carbocycles. The summed E-state index contributed by atoms with van der Waals surface area (Å²) in [6.07, 6.45) is 0. The van der Waals surface area contributed by atoms with Gasteiger partial charge in [-0.2, -0.15) is 0 Å². The number of hydrogen-bond acceptors (Lipinski definition) is 3. The van der Waals surface area contributed by atoms with E-state index in [1.54, 1.807) is 19.1 Å². The molecule has 2 rings (SSSR count). The second-order valence-corrected chi connectivity index (χ2v) is 2.92. The van der Waals surface area contributed by atoms with E-state index in [4.69, 9.17) is 5.11 Å². The number of hydrogen-bond donors (Lipinski definition) is 2. The van der Waals surface area contributed by atoms with Crippen LogP contribution in [0.15, 0.2) is 18.2 Å². The number of rotatable bonds is 1. The highest BCUT2D eigenvalue weighted by Crippen LogP contribution is 2.19. The second kappa shape index (κ2) is 2.73. The predicted molar refractivity (Wildman–Crippen MR) is 48.6 cm³/mol. The Morgan fingerprint density at radius 1 is 1.50 bits per heavy atom. The van der Waals surface area contributed by atoms with E-state index in [2.05, 4.69) is 4.98 Å². The lowest BCUT2D eigenvalue weighted by Crippen LogP contribution is -1.97. The molecule has 0 bridgehead atoms. The molecular formula is C9H8N2O3. The van der Waals surface area contributed by atoms with Crippen molar-refractivity contribution in [1.82, 2.24) is 9.38 Å². The molecule has 5 heteroatoms. The molecule has 2 N–H and O–H groups in total. The Hall–Kier alpha value is -2.04. The molecule has 0 aliphatic carbocycles. The van der Waals surface area contributed by atoms with Gasteiger partial charge in [-0.3, -0.25) is 4.40 Å². The van der Waals surface area contributed by atoms with Crippen LogP contribution in [0.5, 0.6) is 5.88 Å². The Bertz CT molecular complexity index is 516. The van der Waals surface area contributed by atoms with Crippen LogP contribution in [0.25, 0.3) is 5.52 Å². The van der Waals surface area contributed by atoms with Gasteiger partial charge in [-0.1, -0.05) is 6.07 Å². The first-order chi connectivity index (χ1) is 6.61. The summed E-state index contributed by atoms with van der Waals surface area (Å²) in [5.74, 6) is -0.656. The maximum Gasteiger partial charge on any atom is 0.356 e. The Morgan fingerprint density at radius 2 is 2.21 bits per heavy atom. The van der Waals surface area contributed by atoms with E-state index < -0.39 is 5.97 Å². The van der Waals surface area contributed by atoms with Gasteiger partial charge in [0.15, 0.2) is 11.6 Å². The number of aromatic hydroxyl groups is 1. The van der Waals surface area contributed by atoms with Crippen LogP contribution in [0, 0.1) is 6.92 Å². The van der Waals surface area contributed by atoms with Crippen LogP contribution in [-0.2, 0) is 0 Å². The zero-order valence-electron chi connectivity index (χ0n) is 7.43. The lowest BCUT2D eigenvalue weighted by atomic mass is 10.3. The number of nitrogens with zero attached hydrogens (tertiary/aromatic N) is 2. The van der Waals surface area contributed by atoms with Crippen molar-refractivity contribution in [1.29, 1.82) is 0 Å². The smallest absolute Gasteiger partial charge is 0.356 e. The summed E-state index contributed by atoms with van der Waals surface area (Å²) in [6.45, 7) is 1.64. The maximum absolute atomic E-state index is 10.8. The van der Waals surface area contributed by atoms with Crippen molar-refractivity contribution in [3.05, 3.63) is 29.7 Å². The van der Waals surface area contributed by atoms with E-state index in [1.807, 2.05) is 0 Å². The number of aromatic carboxylic acids is 1. The van der Waals surface area contributed by atoms with Gasteiger partial charge in [0, 0.05) is 0 Å². The fourth-order valence-corrected chi connectivity index (χ4v) is 1.45. The topological polar surface area (TPSA) is 74.8 Å². The molecule has 0 aromatic carbocycles. The van der Waals surface area contributed by atoms with Gasteiger partial charge in [-0.05, 0) is 19.1 Å². The molecule has 5 nitrogen and oxygen atoms in total. The molecule has 2 heterocycles. The van der Waals surface area contributed by atoms with Crippen molar-refractivity contribution in [2.24, 2.45) is 0 Å². The van der Waals surface area contributed by atoms with E-state index in [9.17, 15) is 9.90 Å². The third kappa shape index (κ3) is 1.02. The molecule has 0 aliphatic rings. The average molecular weight is 192 g/mol. The zero-order valence-corrected chi connectivity index (χ0v) is 7.43. The predicted octanol–water partition coefficient (Wildman–Crippen LogP) is 1.05. The van der Waals surface area contributed by atoms with E-state index in [1.165, 1.54) is 10.5 Å². The lowest BCUT2D eigenvalue weighted by molar-refractivity contribution is 0.0693. The normalized spacial score (nSPS) is 10.6. The molecule has 0 radical (unpaired) electrons. The first kappa shape index (κ1) is 8.55. The van der Waals surface area contributed by atoms with Crippen LogP contribution >= 0.6 is 0 Å². The van der Waals surface area contributed by atoms with Gasteiger partial charge in [0.25, 0.3) is 0 Å². The van der Waals surface area contributed by atoms with Gasteiger partial charge in [0.1, 0.15) is 5.82 Å². The molecule has 2 aromatic rings. The summed E-state index contributed by atoms with van der Waals surface area (Å²) < 4.78 is 1.39. The van der Waals surface area contributed by atoms with Crippen LogP contribution in [0.2, 0.25) is 0 Å². The van der Waals surface area contributed by atoms with Gasteiger partial charge in [0.2, 0.25) is 0 Å². The van der Waals surface area contributed by atoms with Crippen molar-refractivity contribution < 1.29 is 15.0 Å². The van der Waals surface area contributed by atoms with Crippen molar-refractivity contribution >= 4 is 11.5 Å². The molecule has 0 fully saturated rings. The van der Waals surface area contributed by atoms with Gasteiger partial charge in [-0.25, -0.2) is 9.78 Å². The van der Waals surface area contributed by atoms with Crippen molar-refractivity contribution in [2.75, 3.05) is 0 Å².